The van der Waals surface area contributed by atoms with Crippen LogP contribution in [0.25, 0.3) is 27.1 Å². The average Bonchev–Trinajstić information content (AvgIpc) is 2.99. The lowest BCUT2D eigenvalue weighted by Crippen LogP contribution is -2.01. The molecule has 0 heterocycles. The number of hydrogen-bond acceptors (Lipinski definition) is 2. The topological polar surface area (TPSA) is 18.5 Å². The first-order chi connectivity index (χ1) is 19.1. The van der Waals surface area contributed by atoms with Gasteiger partial charge in [0.1, 0.15) is 19.0 Å². The summed E-state index contributed by atoms with van der Waals surface area (Å²) in [6.45, 7) is 5.15. The normalized spacial score (nSPS) is 11.0. The molecule has 3 heteroatoms. The largest absolute Gasteiger partial charge is 0.485 e. The minimum Gasteiger partial charge on any atom is -0.485 e. The van der Waals surface area contributed by atoms with Gasteiger partial charge in [-0.3, -0.25) is 0 Å². The van der Waals surface area contributed by atoms with Crippen LogP contribution in [0, 0.1) is 5.82 Å². The summed E-state index contributed by atoms with van der Waals surface area (Å²) < 4.78 is 26.2. The standard InChI is InChI=1S/C36H27FO2/c1-25(28-14-17-33(37)18-15-28)29-12-13-30-21-31-16-19-35(38-23-26-8-4-2-5-9-26)36(34(31)22-32(30)20-29)39-24-27-10-6-3-7-11-27/h2-22H,1,23-24H2. The predicted octanol–water partition coefficient (Wildman–Crippen LogP) is 9.35. The van der Waals surface area contributed by atoms with Crippen LogP contribution in [0.2, 0.25) is 0 Å². The van der Waals surface area contributed by atoms with E-state index in [1.807, 2.05) is 42.5 Å². The summed E-state index contributed by atoms with van der Waals surface area (Å²) in [5, 5.41) is 4.23. The zero-order valence-corrected chi connectivity index (χ0v) is 21.4. The molecule has 39 heavy (non-hydrogen) atoms. The van der Waals surface area contributed by atoms with Crippen LogP contribution in [-0.4, -0.2) is 0 Å². The van der Waals surface area contributed by atoms with Crippen LogP contribution < -0.4 is 9.47 Å². The Labute approximate surface area is 227 Å². The molecule has 0 N–H and O–H groups in total. The summed E-state index contributed by atoms with van der Waals surface area (Å²) in [7, 11) is 0. The van der Waals surface area contributed by atoms with Gasteiger partial charge in [0.25, 0.3) is 0 Å². The van der Waals surface area contributed by atoms with Gasteiger partial charge in [0.2, 0.25) is 0 Å². The van der Waals surface area contributed by atoms with Gasteiger partial charge in [0.05, 0.1) is 0 Å². The van der Waals surface area contributed by atoms with Gasteiger partial charge in [-0.2, -0.15) is 0 Å². The lowest BCUT2D eigenvalue weighted by Gasteiger charge is -2.17. The van der Waals surface area contributed by atoms with Crippen LogP contribution in [0.5, 0.6) is 11.5 Å². The molecule has 0 bridgehead atoms. The molecule has 0 saturated heterocycles. The monoisotopic (exact) mass is 510 g/mol. The molecular weight excluding hydrogens is 483 g/mol. The third-order valence-electron chi connectivity index (χ3n) is 6.90. The number of benzene rings is 6. The van der Waals surface area contributed by atoms with E-state index in [2.05, 4.69) is 67.2 Å². The van der Waals surface area contributed by atoms with E-state index in [9.17, 15) is 4.39 Å². The van der Waals surface area contributed by atoms with Crippen molar-refractivity contribution in [2.75, 3.05) is 0 Å². The van der Waals surface area contributed by atoms with Crippen LogP contribution >= 0.6 is 0 Å². The first-order valence-electron chi connectivity index (χ1n) is 12.9. The molecule has 6 aromatic carbocycles. The number of fused-ring (bicyclic) bond motifs is 2. The van der Waals surface area contributed by atoms with Crippen molar-refractivity contribution in [1.29, 1.82) is 0 Å². The summed E-state index contributed by atoms with van der Waals surface area (Å²) in [6, 6.07) is 41.4. The van der Waals surface area contributed by atoms with Crippen molar-refractivity contribution in [3.05, 3.63) is 162 Å². The Balaban J connectivity index is 1.41. The van der Waals surface area contributed by atoms with E-state index in [4.69, 9.17) is 9.47 Å². The first-order valence-corrected chi connectivity index (χ1v) is 12.9. The van der Waals surface area contributed by atoms with Gasteiger partial charge in [-0.25, -0.2) is 4.39 Å². The number of hydrogen-bond donors (Lipinski definition) is 0. The minimum atomic E-state index is -0.259. The summed E-state index contributed by atoms with van der Waals surface area (Å²) in [6.07, 6.45) is 0. The fraction of sp³-hybridized carbons (Fsp3) is 0.0556. The van der Waals surface area contributed by atoms with E-state index >= 15 is 0 Å². The molecule has 0 aliphatic heterocycles. The van der Waals surface area contributed by atoms with E-state index in [1.54, 1.807) is 12.1 Å². The highest BCUT2D eigenvalue weighted by Crippen LogP contribution is 2.39. The molecule has 0 radical (unpaired) electrons. The molecule has 0 atom stereocenters. The zero-order valence-electron chi connectivity index (χ0n) is 21.4. The Hall–Kier alpha value is -4.89. The van der Waals surface area contributed by atoms with Gasteiger partial charge in [-0.05, 0) is 80.4 Å². The second kappa shape index (κ2) is 10.8. The molecular formula is C36H27FO2. The van der Waals surface area contributed by atoms with Gasteiger partial charge < -0.3 is 9.47 Å². The van der Waals surface area contributed by atoms with Crippen molar-refractivity contribution in [1.82, 2.24) is 0 Å². The Bertz CT molecular complexity index is 1760. The van der Waals surface area contributed by atoms with Crippen molar-refractivity contribution in [2.24, 2.45) is 0 Å². The molecule has 0 fully saturated rings. The quantitative estimate of drug-likeness (QED) is 0.190. The molecule has 0 unspecified atom stereocenters. The van der Waals surface area contributed by atoms with E-state index in [0.29, 0.717) is 19.0 Å². The highest BCUT2D eigenvalue weighted by Gasteiger charge is 2.14. The third kappa shape index (κ3) is 5.39. The molecule has 0 aliphatic rings. The van der Waals surface area contributed by atoms with Crippen molar-refractivity contribution < 1.29 is 13.9 Å². The lowest BCUT2D eigenvalue weighted by molar-refractivity contribution is 0.259. The van der Waals surface area contributed by atoms with Crippen molar-refractivity contribution in [3.8, 4) is 11.5 Å². The molecule has 2 nitrogen and oxygen atoms in total. The van der Waals surface area contributed by atoms with Gasteiger partial charge in [-0.1, -0.05) is 97.6 Å². The Morgan fingerprint density at radius 2 is 1.18 bits per heavy atom. The second-order valence-corrected chi connectivity index (χ2v) is 9.56. The summed E-state index contributed by atoms with van der Waals surface area (Å²) in [5.74, 6) is 1.16. The molecule has 0 saturated carbocycles. The smallest absolute Gasteiger partial charge is 0.169 e. The first kappa shape index (κ1) is 24.4. The molecule has 0 amide bonds. The summed E-state index contributed by atoms with van der Waals surface area (Å²) in [5.41, 5.74) is 4.89. The Morgan fingerprint density at radius 1 is 0.564 bits per heavy atom. The number of rotatable bonds is 8. The van der Waals surface area contributed by atoms with Crippen LogP contribution in [0.1, 0.15) is 22.3 Å². The van der Waals surface area contributed by atoms with E-state index in [-0.39, 0.29) is 5.82 Å². The maximum absolute atomic E-state index is 13.5. The fourth-order valence-electron chi connectivity index (χ4n) is 4.76. The molecule has 0 aliphatic carbocycles. The van der Waals surface area contributed by atoms with E-state index in [0.717, 1.165) is 55.1 Å². The van der Waals surface area contributed by atoms with Gasteiger partial charge in [0.15, 0.2) is 11.5 Å². The van der Waals surface area contributed by atoms with Crippen LogP contribution in [-0.2, 0) is 13.2 Å². The van der Waals surface area contributed by atoms with Gasteiger partial charge in [-0.15, -0.1) is 0 Å². The maximum Gasteiger partial charge on any atom is 0.169 e. The lowest BCUT2D eigenvalue weighted by atomic mass is 9.95. The van der Waals surface area contributed by atoms with Crippen molar-refractivity contribution in [3.63, 3.8) is 0 Å². The average molecular weight is 511 g/mol. The van der Waals surface area contributed by atoms with Crippen LogP contribution in [0.15, 0.2) is 134 Å². The summed E-state index contributed by atoms with van der Waals surface area (Å²) in [4.78, 5) is 0. The SMILES string of the molecule is C=C(c1ccc(F)cc1)c1ccc2cc3ccc(OCc4ccccc4)c(OCc4ccccc4)c3cc2c1. The van der Waals surface area contributed by atoms with Crippen molar-refractivity contribution in [2.45, 2.75) is 13.2 Å². The molecule has 6 aromatic rings. The maximum atomic E-state index is 13.5. The van der Waals surface area contributed by atoms with Gasteiger partial charge in [0, 0.05) is 5.39 Å². The van der Waals surface area contributed by atoms with Crippen molar-refractivity contribution >= 4 is 27.1 Å². The van der Waals surface area contributed by atoms with E-state index < -0.39 is 0 Å². The van der Waals surface area contributed by atoms with Crippen LogP contribution in [0.3, 0.4) is 0 Å². The predicted molar refractivity (Wildman–Crippen MR) is 158 cm³/mol. The summed E-state index contributed by atoms with van der Waals surface area (Å²) >= 11 is 0. The molecule has 0 aromatic heterocycles. The second-order valence-electron chi connectivity index (χ2n) is 9.56. The Morgan fingerprint density at radius 3 is 1.87 bits per heavy atom. The molecule has 0 spiro atoms. The van der Waals surface area contributed by atoms with Gasteiger partial charge >= 0.3 is 0 Å². The minimum absolute atomic E-state index is 0.259. The Kier molecular flexibility index (Phi) is 6.80. The third-order valence-corrected chi connectivity index (χ3v) is 6.90. The highest BCUT2D eigenvalue weighted by atomic mass is 19.1. The highest BCUT2D eigenvalue weighted by molar-refractivity contribution is 6.03. The molecule has 190 valence electrons. The molecule has 6 rings (SSSR count). The van der Waals surface area contributed by atoms with Crippen LogP contribution in [0.4, 0.5) is 4.39 Å². The number of halogens is 1. The fourth-order valence-corrected chi connectivity index (χ4v) is 4.76. The zero-order chi connectivity index (χ0) is 26.6. The van der Waals surface area contributed by atoms with E-state index in [1.165, 1.54) is 12.1 Å². The number of ether oxygens (including phenoxy) is 2.